The lowest BCUT2D eigenvalue weighted by Crippen LogP contribution is -2.70. The number of anilines is 2. The fourth-order valence-electron chi connectivity index (χ4n) is 3.47. The number of aryl methyl sites for hydroxylation is 1. The van der Waals surface area contributed by atoms with E-state index in [1.807, 2.05) is 6.92 Å². The molecule has 1 aliphatic heterocycles. The summed E-state index contributed by atoms with van der Waals surface area (Å²) in [6.45, 7) is 8.07. The van der Waals surface area contributed by atoms with Crippen molar-refractivity contribution in [2.45, 2.75) is 32.9 Å². The molecule has 0 saturated carbocycles. The van der Waals surface area contributed by atoms with Crippen LogP contribution in [0.1, 0.15) is 41.2 Å². The number of carbonyl (C=O) groups excluding carboxylic acids is 1. The standard InChI is InChI=1S/C18H27N7OS/c1-11(2)9-18(20)10-24(7-8-25(18)21)17-23-14(12(3)27-17)15(26)13-5-4-6-22-16(13)19/h4-6,11H,7-10,20-21H2,1-3H3,(H2,19,22)/t18-/m0/s1. The number of piperazine rings is 1. The molecular weight excluding hydrogens is 362 g/mol. The first-order chi connectivity index (χ1) is 12.7. The van der Waals surface area contributed by atoms with Gasteiger partial charge in [-0.15, -0.1) is 11.3 Å². The van der Waals surface area contributed by atoms with Crippen LogP contribution in [0.15, 0.2) is 18.3 Å². The number of nitrogens with two attached hydrogens (primary N) is 3. The average molecular weight is 390 g/mol. The van der Waals surface area contributed by atoms with Gasteiger partial charge in [-0.25, -0.2) is 15.0 Å². The summed E-state index contributed by atoms with van der Waals surface area (Å²) >= 11 is 1.49. The van der Waals surface area contributed by atoms with Crippen molar-refractivity contribution in [3.8, 4) is 0 Å². The van der Waals surface area contributed by atoms with Gasteiger partial charge >= 0.3 is 0 Å². The first-order valence-electron chi connectivity index (χ1n) is 9.00. The van der Waals surface area contributed by atoms with E-state index in [-0.39, 0.29) is 11.6 Å². The van der Waals surface area contributed by atoms with Crippen LogP contribution in [0.2, 0.25) is 0 Å². The molecule has 8 nitrogen and oxygen atoms in total. The number of carbonyl (C=O) groups is 1. The maximum atomic E-state index is 12.9. The number of hydrogen-bond donors (Lipinski definition) is 3. The van der Waals surface area contributed by atoms with E-state index in [9.17, 15) is 4.79 Å². The Bertz CT molecular complexity index is 837. The Balaban J connectivity index is 1.86. The molecule has 146 valence electrons. The number of aromatic nitrogens is 2. The van der Waals surface area contributed by atoms with E-state index in [0.29, 0.717) is 36.8 Å². The van der Waals surface area contributed by atoms with Gasteiger partial charge < -0.3 is 16.4 Å². The predicted molar refractivity (Wildman–Crippen MR) is 108 cm³/mol. The third-order valence-electron chi connectivity index (χ3n) is 4.76. The molecule has 3 heterocycles. The molecule has 0 unspecified atom stereocenters. The summed E-state index contributed by atoms with van der Waals surface area (Å²) < 4.78 is 0. The molecule has 1 aliphatic rings. The lowest BCUT2D eigenvalue weighted by Gasteiger charge is -2.47. The summed E-state index contributed by atoms with van der Waals surface area (Å²) in [5.41, 5.74) is 12.6. The number of nitrogen functional groups attached to an aromatic ring is 1. The summed E-state index contributed by atoms with van der Waals surface area (Å²) in [6, 6.07) is 3.37. The second-order valence-electron chi connectivity index (χ2n) is 7.48. The third-order valence-corrected chi connectivity index (χ3v) is 5.79. The highest BCUT2D eigenvalue weighted by Gasteiger charge is 2.38. The molecule has 2 aromatic heterocycles. The second kappa shape index (κ2) is 7.51. The van der Waals surface area contributed by atoms with Crippen molar-refractivity contribution in [3.05, 3.63) is 34.5 Å². The van der Waals surface area contributed by atoms with Crippen molar-refractivity contribution in [2.24, 2.45) is 17.5 Å². The SMILES string of the molecule is Cc1sc(N2CCN(N)[C@@](N)(CC(C)C)C2)nc1C(=O)c1cccnc1N. The van der Waals surface area contributed by atoms with E-state index in [2.05, 4.69) is 28.7 Å². The summed E-state index contributed by atoms with van der Waals surface area (Å²) in [4.78, 5) is 24.4. The number of rotatable bonds is 5. The number of pyridine rings is 1. The summed E-state index contributed by atoms with van der Waals surface area (Å²) in [7, 11) is 0. The van der Waals surface area contributed by atoms with Gasteiger partial charge in [-0.3, -0.25) is 10.6 Å². The summed E-state index contributed by atoms with van der Waals surface area (Å²) in [6.07, 6.45) is 2.34. The molecule has 6 N–H and O–H groups in total. The van der Waals surface area contributed by atoms with Gasteiger partial charge in [-0.1, -0.05) is 13.8 Å². The highest BCUT2D eigenvalue weighted by Crippen LogP contribution is 2.31. The van der Waals surface area contributed by atoms with Crippen LogP contribution < -0.4 is 22.2 Å². The molecule has 3 rings (SSSR count). The maximum absolute atomic E-state index is 12.9. The zero-order valence-electron chi connectivity index (χ0n) is 16.0. The molecule has 0 spiro atoms. The number of hydrazine groups is 1. The molecule has 0 bridgehead atoms. The molecule has 0 radical (unpaired) electrons. The minimum Gasteiger partial charge on any atom is -0.383 e. The van der Waals surface area contributed by atoms with Gasteiger partial charge in [0.05, 0.1) is 17.8 Å². The Morgan fingerprint density at radius 1 is 1.41 bits per heavy atom. The van der Waals surface area contributed by atoms with Gasteiger partial charge in [-0.05, 0) is 31.4 Å². The first-order valence-corrected chi connectivity index (χ1v) is 9.81. The number of ketones is 1. The molecule has 0 amide bonds. The van der Waals surface area contributed by atoms with Crippen LogP contribution in [0.3, 0.4) is 0 Å². The largest absolute Gasteiger partial charge is 0.383 e. The van der Waals surface area contributed by atoms with Gasteiger partial charge in [0.1, 0.15) is 11.5 Å². The van der Waals surface area contributed by atoms with E-state index in [0.717, 1.165) is 16.4 Å². The van der Waals surface area contributed by atoms with Crippen LogP contribution >= 0.6 is 11.3 Å². The van der Waals surface area contributed by atoms with Crippen LogP contribution in [-0.2, 0) is 0 Å². The summed E-state index contributed by atoms with van der Waals surface area (Å²) in [5, 5.41) is 2.51. The van der Waals surface area contributed by atoms with Crippen molar-refractivity contribution in [1.29, 1.82) is 0 Å². The minimum atomic E-state index is -0.621. The molecule has 2 aromatic rings. The topological polar surface area (TPSA) is 127 Å². The maximum Gasteiger partial charge on any atom is 0.216 e. The van der Waals surface area contributed by atoms with Crippen LogP contribution in [0, 0.1) is 12.8 Å². The second-order valence-corrected chi connectivity index (χ2v) is 8.66. The molecular formula is C18H27N7OS. The quantitative estimate of drug-likeness (QED) is 0.517. The normalized spacial score (nSPS) is 21.0. The van der Waals surface area contributed by atoms with Crippen molar-refractivity contribution < 1.29 is 4.79 Å². The molecule has 1 fully saturated rings. The minimum absolute atomic E-state index is 0.209. The fraction of sp³-hybridized carbons (Fsp3) is 0.500. The van der Waals surface area contributed by atoms with E-state index in [1.54, 1.807) is 23.3 Å². The van der Waals surface area contributed by atoms with Crippen LogP contribution in [0.4, 0.5) is 10.9 Å². The fourth-order valence-corrected chi connectivity index (χ4v) is 4.40. The van der Waals surface area contributed by atoms with Gasteiger partial charge in [0.15, 0.2) is 5.13 Å². The summed E-state index contributed by atoms with van der Waals surface area (Å²) in [5.74, 6) is 6.59. The zero-order valence-corrected chi connectivity index (χ0v) is 16.8. The Morgan fingerprint density at radius 3 is 2.81 bits per heavy atom. The van der Waals surface area contributed by atoms with Crippen LogP contribution in [-0.4, -0.2) is 46.1 Å². The smallest absolute Gasteiger partial charge is 0.216 e. The Labute approximate surface area is 163 Å². The highest BCUT2D eigenvalue weighted by molar-refractivity contribution is 7.15. The zero-order chi connectivity index (χ0) is 19.8. The predicted octanol–water partition coefficient (Wildman–Crippen LogP) is 1.36. The highest BCUT2D eigenvalue weighted by atomic mass is 32.1. The van der Waals surface area contributed by atoms with Crippen molar-refractivity contribution >= 4 is 28.1 Å². The number of nitrogens with zero attached hydrogens (tertiary/aromatic N) is 4. The molecule has 1 saturated heterocycles. The van der Waals surface area contributed by atoms with Crippen LogP contribution in [0.25, 0.3) is 0 Å². The van der Waals surface area contributed by atoms with E-state index in [4.69, 9.17) is 17.3 Å². The lowest BCUT2D eigenvalue weighted by molar-refractivity contribution is 0.0584. The van der Waals surface area contributed by atoms with Gasteiger partial charge in [0.25, 0.3) is 0 Å². The van der Waals surface area contributed by atoms with Crippen molar-refractivity contribution in [3.63, 3.8) is 0 Å². The molecule has 1 atom stereocenters. The van der Waals surface area contributed by atoms with Crippen molar-refractivity contribution in [2.75, 3.05) is 30.3 Å². The molecule has 27 heavy (non-hydrogen) atoms. The molecule has 0 aliphatic carbocycles. The monoisotopic (exact) mass is 389 g/mol. The molecule has 0 aromatic carbocycles. The molecule has 9 heteroatoms. The Kier molecular flexibility index (Phi) is 5.48. The van der Waals surface area contributed by atoms with E-state index in [1.165, 1.54) is 11.3 Å². The van der Waals surface area contributed by atoms with Crippen LogP contribution in [0.5, 0.6) is 0 Å². The third kappa shape index (κ3) is 3.96. The average Bonchev–Trinajstić information content (AvgIpc) is 2.98. The van der Waals surface area contributed by atoms with Gasteiger partial charge in [-0.2, -0.15) is 0 Å². The van der Waals surface area contributed by atoms with E-state index >= 15 is 0 Å². The van der Waals surface area contributed by atoms with Crippen molar-refractivity contribution in [1.82, 2.24) is 15.0 Å². The van der Waals surface area contributed by atoms with E-state index < -0.39 is 5.66 Å². The van der Waals surface area contributed by atoms with Gasteiger partial charge in [0, 0.05) is 24.2 Å². The number of thiazole rings is 1. The Morgan fingerprint density at radius 2 is 2.15 bits per heavy atom. The first kappa shape index (κ1) is 19.7. The lowest BCUT2D eigenvalue weighted by atomic mass is 9.95. The van der Waals surface area contributed by atoms with Gasteiger partial charge in [0.2, 0.25) is 5.78 Å². The Hall–Kier alpha value is -2.07. The number of hydrogen-bond acceptors (Lipinski definition) is 9.